The molecule has 0 bridgehead atoms. The van der Waals surface area contributed by atoms with Crippen LogP contribution in [-0.4, -0.2) is 40.1 Å². The van der Waals surface area contributed by atoms with Crippen LogP contribution in [0.25, 0.3) is 11.0 Å². The summed E-state index contributed by atoms with van der Waals surface area (Å²) in [6.45, 7) is 5.09. The minimum absolute atomic E-state index is 0.109. The first-order valence-corrected chi connectivity index (χ1v) is 6.55. The molecule has 0 saturated heterocycles. The topological polar surface area (TPSA) is 34.0 Å². The second-order valence-electron chi connectivity index (χ2n) is 4.93. The number of alkyl halides is 1. The van der Waals surface area contributed by atoms with E-state index >= 15 is 0 Å². The standard InChI is InChI=1S/C13H19ClN4/c1-9(8-17(3)4)18-12-5-6-15-7-11(12)16-13(18)10(2)14/h5-7,9-10H,8H2,1-4H3. The predicted octanol–water partition coefficient (Wildman–Crippen LogP) is 2.85. The van der Waals surface area contributed by atoms with E-state index in [0.29, 0.717) is 6.04 Å². The third kappa shape index (κ3) is 2.49. The van der Waals surface area contributed by atoms with Gasteiger partial charge in [0.1, 0.15) is 11.3 Å². The first-order valence-electron chi connectivity index (χ1n) is 6.11. The van der Waals surface area contributed by atoms with Crippen molar-refractivity contribution in [3.05, 3.63) is 24.3 Å². The smallest absolute Gasteiger partial charge is 0.128 e. The van der Waals surface area contributed by atoms with E-state index in [0.717, 1.165) is 23.4 Å². The van der Waals surface area contributed by atoms with E-state index in [1.807, 2.05) is 13.0 Å². The van der Waals surface area contributed by atoms with E-state index in [4.69, 9.17) is 11.6 Å². The first kappa shape index (κ1) is 13.3. The van der Waals surface area contributed by atoms with Gasteiger partial charge in [-0.2, -0.15) is 0 Å². The monoisotopic (exact) mass is 266 g/mol. The Kier molecular flexibility index (Phi) is 3.88. The minimum atomic E-state index is -0.109. The van der Waals surface area contributed by atoms with Crippen molar-refractivity contribution in [1.82, 2.24) is 19.4 Å². The van der Waals surface area contributed by atoms with Crippen LogP contribution in [0.1, 0.15) is 31.1 Å². The highest BCUT2D eigenvalue weighted by Crippen LogP contribution is 2.27. The molecule has 0 radical (unpaired) electrons. The summed E-state index contributed by atoms with van der Waals surface area (Å²) < 4.78 is 2.22. The Bertz CT molecular complexity index is 533. The molecule has 0 fully saturated rings. The number of halogens is 1. The fraction of sp³-hybridized carbons (Fsp3) is 0.538. The Hall–Kier alpha value is -1.13. The van der Waals surface area contributed by atoms with Crippen LogP contribution in [0.3, 0.4) is 0 Å². The van der Waals surface area contributed by atoms with Crippen LogP contribution < -0.4 is 0 Å². The number of aromatic nitrogens is 3. The Labute approximate surface area is 113 Å². The highest BCUT2D eigenvalue weighted by molar-refractivity contribution is 6.20. The van der Waals surface area contributed by atoms with Gasteiger partial charge in [-0.05, 0) is 34.0 Å². The molecule has 2 rings (SSSR count). The zero-order chi connectivity index (χ0) is 13.3. The van der Waals surface area contributed by atoms with E-state index < -0.39 is 0 Å². The maximum absolute atomic E-state index is 6.24. The maximum atomic E-state index is 6.24. The molecule has 0 aromatic carbocycles. The van der Waals surface area contributed by atoms with Crippen molar-refractivity contribution in [2.24, 2.45) is 0 Å². The molecule has 18 heavy (non-hydrogen) atoms. The van der Waals surface area contributed by atoms with Gasteiger partial charge in [0, 0.05) is 18.8 Å². The fourth-order valence-corrected chi connectivity index (χ4v) is 2.48. The Morgan fingerprint density at radius 2 is 2.11 bits per heavy atom. The van der Waals surface area contributed by atoms with Crippen LogP contribution in [-0.2, 0) is 0 Å². The average Bonchev–Trinajstić information content (AvgIpc) is 2.67. The maximum Gasteiger partial charge on any atom is 0.128 e. The molecule has 0 aliphatic carbocycles. The van der Waals surface area contributed by atoms with Crippen LogP contribution >= 0.6 is 11.6 Å². The van der Waals surface area contributed by atoms with E-state index in [1.54, 1.807) is 12.4 Å². The number of hydrogen-bond acceptors (Lipinski definition) is 3. The van der Waals surface area contributed by atoms with Crippen LogP contribution in [0.5, 0.6) is 0 Å². The lowest BCUT2D eigenvalue weighted by atomic mass is 10.2. The summed E-state index contributed by atoms with van der Waals surface area (Å²) in [5.74, 6) is 0.911. The molecule has 0 spiro atoms. The van der Waals surface area contributed by atoms with Crippen molar-refractivity contribution in [1.29, 1.82) is 0 Å². The van der Waals surface area contributed by atoms with E-state index in [1.165, 1.54) is 0 Å². The van der Waals surface area contributed by atoms with E-state index in [9.17, 15) is 0 Å². The third-order valence-electron chi connectivity index (χ3n) is 2.95. The summed E-state index contributed by atoms with van der Waals surface area (Å²) in [6, 6.07) is 2.32. The molecule has 0 N–H and O–H groups in total. The number of nitrogens with zero attached hydrogens (tertiary/aromatic N) is 4. The number of fused-ring (bicyclic) bond motifs is 1. The van der Waals surface area contributed by atoms with Crippen LogP contribution in [0.2, 0.25) is 0 Å². The lowest BCUT2D eigenvalue weighted by Gasteiger charge is -2.21. The Morgan fingerprint density at radius 3 is 2.72 bits per heavy atom. The minimum Gasteiger partial charge on any atom is -0.323 e. The molecule has 2 atom stereocenters. The normalized spacial score (nSPS) is 15.2. The van der Waals surface area contributed by atoms with Crippen LogP contribution in [0.15, 0.2) is 18.5 Å². The summed E-state index contributed by atoms with van der Waals surface area (Å²) in [7, 11) is 4.14. The Morgan fingerprint density at radius 1 is 1.39 bits per heavy atom. The summed E-state index contributed by atoms with van der Waals surface area (Å²) in [5, 5.41) is -0.109. The van der Waals surface area contributed by atoms with Crippen LogP contribution in [0, 0.1) is 0 Å². The van der Waals surface area contributed by atoms with Gasteiger partial charge in [0.15, 0.2) is 0 Å². The molecular weight excluding hydrogens is 248 g/mol. The van der Waals surface area contributed by atoms with Gasteiger partial charge < -0.3 is 9.47 Å². The molecule has 0 saturated carbocycles. The Balaban J connectivity index is 2.54. The fourth-order valence-electron chi connectivity index (χ4n) is 2.32. The molecule has 2 aromatic rings. The van der Waals surface area contributed by atoms with E-state index in [-0.39, 0.29) is 5.38 Å². The first-order chi connectivity index (χ1) is 8.50. The third-order valence-corrected chi connectivity index (χ3v) is 3.14. The van der Waals surface area contributed by atoms with Crippen molar-refractivity contribution in [3.8, 4) is 0 Å². The lowest BCUT2D eigenvalue weighted by Crippen LogP contribution is -2.23. The predicted molar refractivity (Wildman–Crippen MR) is 75.1 cm³/mol. The molecule has 0 aliphatic rings. The second kappa shape index (κ2) is 5.24. The molecule has 98 valence electrons. The number of hydrogen-bond donors (Lipinski definition) is 0. The summed E-state index contributed by atoms with van der Waals surface area (Å²) in [4.78, 5) is 10.9. The largest absolute Gasteiger partial charge is 0.323 e. The number of imidazole rings is 1. The number of pyridine rings is 1. The molecule has 0 aliphatic heterocycles. The number of likely N-dealkylation sites (N-methyl/N-ethyl adjacent to an activating group) is 1. The van der Waals surface area contributed by atoms with Gasteiger partial charge in [-0.15, -0.1) is 11.6 Å². The summed E-state index contributed by atoms with van der Waals surface area (Å²) in [5.41, 5.74) is 2.01. The highest BCUT2D eigenvalue weighted by Gasteiger charge is 2.19. The van der Waals surface area contributed by atoms with E-state index in [2.05, 4.69) is 40.5 Å². The molecular formula is C13H19ClN4. The molecule has 5 heteroatoms. The average molecular weight is 267 g/mol. The van der Waals surface area contributed by atoms with Crippen molar-refractivity contribution in [2.75, 3.05) is 20.6 Å². The van der Waals surface area contributed by atoms with Gasteiger partial charge in [-0.3, -0.25) is 4.98 Å². The van der Waals surface area contributed by atoms with Gasteiger partial charge in [0.05, 0.1) is 17.1 Å². The van der Waals surface area contributed by atoms with Gasteiger partial charge in [0.25, 0.3) is 0 Å². The molecule has 0 amide bonds. The van der Waals surface area contributed by atoms with Gasteiger partial charge in [-0.25, -0.2) is 4.98 Å². The summed E-state index contributed by atoms with van der Waals surface area (Å²) in [6.07, 6.45) is 3.59. The van der Waals surface area contributed by atoms with Crippen LogP contribution in [0.4, 0.5) is 0 Å². The zero-order valence-corrected chi connectivity index (χ0v) is 12.0. The SMILES string of the molecule is CC(Cl)c1nc2cnccc2n1C(C)CN(C)C. The van der Waals surface area contributed by atoms with Gasteiger partial charge in [-0.1, -0.05) is 0 Å². The van der Waals surface area contributed by atoms with Crippen molar-refractivity contribution in [3.63, 3.8) is 0 Å². The lowest BCUT2D eigenvalue weighted by molar-refractivity contribution is 0.336. The molecule has 2 aromatic heterocycles. The number of rotatable bonds is 4. The van der Waals surface area contributed by atoms with Gasteiger partial charge in [0.2, 0.25) is 0 Å². The highest BCUT2D eigenvalue weighted by atomic mass is 35.5. The summed E-state index contributed by atoms with van der Waals surface area (Å²) >= 11 is 6.24. The molecule has 2 unspecified atom stereocenters. The molecule has 2 heterocycles. The van der Waals surface area contributed by atoms with Gasteiger partial charge >= 0.3 is 0 Å². The van der Waals surface area contributed by atoms with Crippen molar-refractivity contribution >= 4 is 22.6 Å². The van der Waals surface area contributed by atoms with Crippen molar-refractivity contribution < 1.29 is 0 Å². The van der Waals surface area contributed by atoms with Crippen molar-refractivity contribution in [2.45, 2.75) is 25.3 Å². The molecule has 4 nitrogen and oxygen atoms in total. The quantitative estimate of drug-likeness (QED) is 0.798. The second-order valence-corrected chi connectivity index (χ2v) is 5.59. The zero-order valence-electron chi connectivity index (χ0n) is 11.3.